The van der Waals surface area contributed by atoms with Gasteiger partial charge in [-0.1, -0.05) is 11.6 Å². The van der Waals surface area contributed by atoms with Crippen molar-refractivity contribution in [2.75, 3.05) is 13.1 Å². The fourth-order valence-corrected chi connectivity index (χ4v) is 1.99. The molecule has 1 unspecified atom stereocenters. The summed E-state index contributed by atoms with van der Waals surface area (Å²) in [4.78, 5) is 0. The number of piperidine rings is 1. The van der Waals surface area contributed by atoms with Crippen LogP contribution in [0.5, 0.6) is 5.75 Å². The van der Waals surface area contributed by atoms with Crippen LogP contribution in [0, 0.1) is 11.3 Å². The van der Waals surface area contributed by atoms with Crippen molar-refractivity contribution in [3.63, 3.8) is 0 Å². The first-order valence-electron chi connectivity index (χ1n) is 5.36. The molecule has 0 amide bonds. The van der Waals surface area contributed by atoms with Crippen LogP contribution < -0.4 is 10.1 Å². The third kappa shape index (κ3) is 2.66. The molecule has 0 aromatic heterocycles. The number of hydrogen-bond acceptors (Lipinski definition) is 3. The van der Waals surface area contributed by atoms with E-state index in [0.29, 0.717) is 16.3 Å². The average Bonchev–Trinajstić information content (AvgIpc) is 2.33. The summed E-state index contributed by atoms with van der Waals surface area (Å²) in [6, 6.07) is 7.16. The summed E-state index contributed by atoms with van der Waals surface area (Å²) in [6.45, 7) is 1.91. The van der Waals surface area contributed by atoms with Gasteiger partial charge in [0.25, 0.3) is 0 Å². The number of rotatable bonds is 2. The molecule has 4 heteroatoms. The quantitative estimate of drug-likeness (QED) is 0.857. The number of hydrogen-bond donors (Lipinski definition) is 1. The molecule has 1 aliphatic heterocycles. The minimum atomic E-state index is 0.180. The molecule has 84 valence electrons. The predicted octanol–water partition coefficient (Wildman–Crippen LogP) is 2.34. The number of ether oxygens (including phenoxy) is 1. The molecule has 16 heavy (non-hydrogen) atoms. The van der Waals surface area contributed by atoms with Crippen LogP contribution in [-0.4, -0.2) is 19.2 Å². The molecule has 0 radical (unpaired) electrons. The van der Waals surface area contributed by atoms with Gasteiger partial charge in [-0.15, -0.1) is 0 Å². The molecule has 1 N–H and O–H groups in total. The van der Waals surface area contributed by atoms with E-state index in [1.807, 2.05) is 6.07 Å². The van der Waals surface area contributed by atoms with Gasteiger partial charge in [0, 0.05) is 6.54 Å². The van der Waals surface area contributed by atoms with Crippen LogP contribution in [0.15, 0.2) is 18.2 Å². The van der Waals surface area contributed by atoms with E-state index < -0.39 is 0 Å². The zero-order chi connectivity index (χ0) is 11.4. The zero-order valence-corrected chi connectivity index (χ0v) is 9.63. The molecule has 0 spiro atoms. The van der Waals surface area contributed by atoms with E-state index in [2.05, 4.69) is 5.32 Å². The summed E-state index contributed by atoms with van der Waals surface area (Å²) in [6.07, 6.45) is 2.35. The molecule has 1 aromatic rings. The van der Waals surface area contributed by atoms with E-state index in [1.165, 1.54) is 0 Å². The van der Waals surface area contributed by atoms with Crippen molar-refractivity contribution < 1.29 is 4.74 Å². The van der Waals surface area contributed by atoms with E-state index in [1.54, 1.807) is 18.2 Å². The topological polar surface area (TPSA) is 45.0 Å². The summed E-state index contributed by atoms with van der Waals surface area (Å²) < 4.78 is 5.78. The zero-order valence-electron chi connectivity index (χ0n) is 8.87. The van der Waals surface area contributed by atoms with Gasteiger partial charge in [-0.25, -0.2) is 0 Å². The summed E-state index contributed by atoms with van der Waals surface area (Å²) in [5.41, 5.74) is 0.555. The summed E-state index contributed by atoms with van der Waals surface area (Å²) in [5.74, 6) is 0.661. The van der Waals surface area contributed by atoms with E-state index >= 15 is 0 Å². The van der Waals surface area contributed by atoms with Crippen LogP contribution in [0.25, 0.3) is 0 Å². The van der Waals surface area contributed by atoms with Gasteiger partial charge in [-0.05, 0) is 37.6 Å². The molecular weight excluding hydrogens is 224 g/mol. The lowest BCUT2D eigenvalue weighted by atomic mass is 10.1. The van der Waals surface area contributed by atoms with Gasteiger partial charge < -0.3 is 10.1 Å². The first-order valence-corrected chi connectivity index (χ1v) is 5.74. The molecule has 0 saturated carbocycles. The molecule has 1 aliphatic rings. The SMILES string of the molecule is N#Cc1ccc(OC2CCCNC2)c(Cl)c1. The predicted molar refractivity (Wildman–Crippen MR) is 62.7 cm³/mol. The standard InChI is InChI=1S/C12H13ClN2O/c13-11-6-9(7-14)3-4-12(11)16-10-2-1-5-15-8-10/h3-4,6,10,15H,1-2,5,8H2. The molecule has 0 aliphatic carbocycles. The van der Waals surface area contributed by atoms with Crippen LogP contribution >= 0.6 is 11.6 Å². The van der Waals surface area contributed by atoms with E-state index in [-0.39, 0.29) is 6.10 Å². The Kier molecular flexibility index (Phi) is 3.66. The maximum Gasteiger partial charge on any atom is 0.138 e. The van der Waals surface area contributed by atoms with Crippen molar-refractivity contribution in [1.82, 2.24) is 5.32 Å². The van der Waals surface area contributed by atoms with E-state index in [4.69, 9.17) is 21.6 Å². The van der Waals surface area contributed by atoms with Crippen molar-refractivity contribution in [3.05, 3.63) is 28.8 Å². The smallest absolute Gasteiger partial charge is 0.138 e. The van der Waals surface area contributed by atoms with Crippen molar-refractivity contribution >= 4 is 11.6 Å². The number of halogens is 1. The largest absolute Gasteiger partial charge is 0.488 e. The van der Waals surface area contributed by atoms with Crippen molar-refractivity contribution in [2.24, 2.45) is 0 Å². The molecule has 2 rings (SSSR count). The first kappa shape index (κ1) is 11.3. The highest BCUT2D eigenvalue weighted by molar-refractivity contribution is 6.32. The van der Waals surface area contributed by atoms with Crippen LogP contribution in [0.3, 0.4) is 0 Å². The first-order chi connectivity index (χ1) is 7.79. The Morgan fingerprint density at radius 3 is 3.00 bits per heavy atom. The highest BCUT2D eigenvalue weighted by Gasteiger charge is 2.15. The van der Waals surface area contributed by atoms with Crippen LogP contribution in [-0.2, 0) is 0 Å². The molecule has 1 aromatic carbocycles. The Morgan fingerprint density at radius 2 is 2.38 bits per heavy atom. The maximum absolute atomic E-state index is 8.71. The lowest BCUT2D eigenvalue weighted by Crippen LogP contribution is -2.37. The molecule has 1 saturated heterocycles. The van der Waals surface area contributed by atoms with Crippen LogP contribution in [0.1, 0.15) is 18.4 Å². The van der Waals surface area contributed by atoms with E-state index in [9.17, 15) is 0 Å². The Labute approximate surface area is 100.0 Å². The number of benzene rings is 1. The average molecular weight is 237 g/mol. The van der Waals surface area contributed by atoms with Crippen molar-refractivity contribution in [2.45, 2.75) is 18.9 Å². The van der Waals surface area contributed by atoms with Gasteiger partial charge in [-0.3, -0.25) is 0 Å². The molecule has 3 nitrogen and oxygen atoms in total. The highest BCUT2D eigenvalue weighted by Crippen LogP contribution is 2.27. The van der Waals surface area contributed by atoms with Gasteiger partial charge in [0.15, 0.2) is 0 Å². The van der Waals surface area contributed by atoms with Crippen molar-refractivity contribution in [3.8, 4) is 11.8 Å². The lowest BCUT2D eigenvalue weighted by Gasteiger charge is -2.24. The van der Waals surface area contributed by atoms with E-state index in [0.717, 1.165) is 25.9 Å². The third-order valence-electron chi connectivity index (χ3n) is 2.61. The summed E-state index contributed by atoms with van der Waals surface area (Å²) >= 11 is 6.03. The molecule has 0 bridgehead atoms. The number of nitrogens with zero attached hydrogens (tertiary/aromatic N) is 1. The Hall–Kier alpha value is -1.24. The maximum atomic E-state index is 8.71. The summed E-state index contributed by atoms with van der Waals surface area (Å²) in [5, 5.41) is 12.5. The normalized spacial score (nSPS) is 20.1. The minimum Gasteiger partial charge on any atom is -0.488 e. The molecule has 1 fully saturated rings. The van der Waals surface area contributed by atoms with Gasteiger partial charge in [0.05, 0.1) is 16.7 Å². The highest BCUT2D eigenvalue weighted by atomic mass is 35.5. The molecule has 1 heterocycles. The number of nitriles is 1. The second-order valence-corrected chi connectivity index (χ2v) is 4.25. The minimum absolute atomic E-state index is 0.180. The summed E-state index contributed by atoms with van der Waals surface area (Å²) in [7, 11) is 0. The van der Waals surface area contributed by atoms with Gasteiger partial charge in [0.1, 0.15) is 11.9 Å². The second kappa shape index (κ2) is 5.20. The Morgan fingerprint density at radius 1 is 1.50 bits per heavy atom. The second-order valence-electron chi connectivity index (χ2n) is 3.84. The molecule has 1 atom stereocenters. The van der Waals surface area contributed by atoms with Gasteiger partial charge in [-0.2, -0.15) is 5.26 Å². The lowest BCUT2D eigenvalue weighted by molar-refractivity contribution is 0.167. The monoisotopic (exact) mass is 236 g/mol. The van der Waals surface area contributed by atoms with Crippen molar-refractivity contribution in [1.29, 1.82) is 5.26 Å². The Balaban J connectivity index is 2.06. The van der Waals surface area contributed by atoms with Crippen LogP contribution in [0.2, 0.25) is 5.02 Å². The third-order valence-corrected chi connectivity index (χ3v) is 2.90. The van der Waals surface area contributed by atoms with Crippen LogP contribution in [0.4, 0.5) is 0 Å². The molecular formula is C12H13ClN2O. The fraction of sp³-hybridized carbons (Fsp3) is 0.417. The number of nitrogens with one attached hydrogen (secondary N) is 1. The Bertz CT molecular complexity index is 408. The fourth-order valence-electron chi connectivity index (χ4n) is 1.77. The van der Waals surface area contributed by atoms with Gasteiger partial charge >= 0.3 is 0 Å². The van der Waals surface area contributed by atoms with Gasteiger partial charge in [0.2, 0.25) is 0 Å².